The zero-order valence-electron chi connectivity index (χ0n) is 30.5. The molecule has 1 amide bonds. The van der Waals surface area contributed by atoms with E-state index in [0.29, 0.717) is 57.7 Å². The van der Waals surface area contributed by atoms with Crippen molar-refractivity contribution in [3.05, 3.63) is 73.6 Å². The van der Waals surface area contributed by atoms with Gasteiger partial charge in [-0.1, -0.05) is 12.1 Å². The molecule has 3 aliphatic heterocycles. The van der Waals surface area contributed by atoms with Gasteiger partial charge in [0.15, 0.2) is 0 Å². The molecular weight excluding hydrogens is 729 g/mol. The van der Waals surface area contributed by atoms with Crippen molar-refractivity contribution in [2.24, 2.45) is 35.5 Å². The van der Waals surface area contributed by atoms with E-state index < -0.39 is 35.7 Å². The summed E-state index contributed by atoms with van der Waals surface area (Å²) in [7, 11) is 0. The SMILES string of the molecule is O=C(O)C(Cc1cccc(OCCN(Cc2cc(CC(C(=O)O)C3CCNC3)cs2)C(=O)Cc2cc(CC(C(=O)O)C3CCNC3)cs2)c1)C1CCNC1. The lowest BCUT2D eigenvalue weighted by molar-refractivity contribution is -0.144. The molecule has 5 heterocycles. The number of carboxylic acids is 3. The lowest BCUT2D eigenvalue weighted by Gasteiger charge is -2.23. The maximum atomic E-state index is 14.0. The Labute approximate surface area is 324 Å². The number of thiophene rings is 2. The number of hydrogen-bond donors (Lipinski definition) is 6. The number of nitrogens with one attached hydrogen (secondary N) is 3. The molecule has 0 radical (unpaired) electrons. The Morgan fingerprint density at radius 3 is 1.70 bits per heavy atom. The summed E-state index contributed by atoms with van der Waals surface area (Å²) in [4.78, 5) is 53.9. The lowest BCUT2D eigenvalue weighted by atomic mass is 9.86. The second-order valence-electron chi connectivity index (χ2n) is 15.0. The van der Waals surface area contributed by atoms with Gasteiger partial charge in [0.05, 0.1) is 37.3 Å². The molecule has 3 fully saturated rings. The molecule has 1 aromatic carbocycles. The molecule has 6 N–H and O–H groups in total. The average molecular weight is 781 g/mol. The summed E-state index contributed by atoms with van der Waals surface area (Å²) >= 11 is 2.99. The van der Waals surface area contributed by atoms with Gasteiger partial charge in [0, 0.05) is 9.75 Å². The van der Waals surface area contributed by atoms with Crippen molar-refractivity contribution in [2.75, 3.05) is 52.4 Å². The van der Waals surface area contributed by atoms with Gasteiger partial charge in [-0.05, 0) is 147 Å². The molecule has 3 saturated heterocycles. The minimum atomic E-state index is -0.791. The second-order valence-corrected chi connectivity index (χ2v) is 17.0. The fourth-order valence-electron chi connectivity index (χ4n) is 8.21. The van der Waals surface area contributed by atoms with Crippen molar-refractivity contribution in [3.8, 4) is 5.75 Å². The summed E-state index contributed by atoms with van der Waals surface area (Å²) in [6, 6.07) is 11.5. The number of benzene rings is 1. The standard InChI is InChI=1S/C40H52N4O8S2/c45-37(18-32-13-26(23-53-32)16-35(39(48)49)29-5-8-42-20-29)44(22-33-14-27(24-54-33)17-36(40(50)51)30-6-9-43-21-30)10-11-52-31-3-1-2-25(12-31)15-34(38(46)47)28-4-7-41-19-28/h1-3,12-14,23-24,28-30,34-36,41-43H,4-11,15-22H2,(H,46,47)(H,48,49)(H,50,51). The molecular formula is C40H52N4O8S2. The van der Waals surface area contributed by atoms with Gasteiger partial charge >= 0.3 is 17.9 Å². The molecule has 292 valence electrons. The van der Waals surface area contributed by atoms with E-state index in [9.17, 15) is 34.5 Å². The van der Waals surface area contributed by atoms with Gasteiger partial charge in [0.25, 0.3) is 0 Å². The number of carbonyl (C=O) groups is 4. The van der Waals surface area contributed by atoms with Crippen LogP contribution >= 0.6 is 22.7 Å². The van der Waals surface area contributed by atoms with E-state index in [1.54, 1.807) is 4.90 Å². The molecule has 0 bridgehead atoms. The maximum Gasteiger partial charge on any atom is 0.307 e. The summed E-state index contributed by atoms with van der Waals surface area (Å²) in [6.07, 6.45) is 3.98. The largest absolute Gasteiger partial charge is 0.492 e. The Bertz CT molecular complexity index is 1730. The van der Waals surface area contributed by atoms with Gasteiger partial charge in [0.1, 0.15) is 12.4 Å². The maximum absolute atomic E-state index is 14.0. The predicted octanol–water partition coefficient (Wildman–Crippen LogP) is 4.02. The summed E-state index contributed by atoms with van der Waals surface area (Å²) in [6.45, 7) is 5.48. The van der Waals surface area contributed by atoms with E-state index in [1.807, 2.05) is 47.2 Å². The average Bonchev–Trinajstić information content (AvgIpc) is 3.99. The third-order valence-corrected chi connectivity index (χ3v) is 13.2. The van der Waals surface area contributed by atoms with Crippen LogP contribution in [-0.4, -0.2) is 96.5 Å². The van der Waals surface area contributed by atoms with Gasteiger partial charge in [0.2, 0.25) is 5.91 Å². The molecule has 6 unspecified atom stereocenters. The molecule has 2 aromatic heterocycles. The number of rotatable bonds is 20. The summed E-state index contributed by atoms with van der Waals surface area (Å²) in [5.74, 6) is -3.00. The Balaban J connectivity index is 1.11. The van der Waals surface area contributed by atoms with Crippen LogP contribution in [0.3, 0.4) is 0 Å². The number of carboxylic acid groups (broad SMARTS) is 3. The van der Waals surface area contributed by atoms with E-state index in [1.165, 1.54) is 22.7 Å². The number of carbonyl (C=O) groups excluding carboxylic acids is 1. The van der Waals surface area contributed by atoms with Gasteiger partial charge in [-0.3, -0.25) is 19.2 Å². The van der Waals surface area contributed by atoms with Gasteiger partial charge in [-0.25, -0.2) is 0 Å². The molecule has 54 heavy (non-hydrogen) atoms. The van der Waals surface area contributed by atoms with Crippen LogP contribution in [0.2, 0.25) is 0 Å². The smallest absolute Gasteiger partial charge is 0.307 e. The predicted molar refractivity (Wildman–Crippen MR) is 207 cm³/mol. The van der Waals surface area contributed by atoms with Crippen LogP contribution in [0, 0.1) is 35.5 Å². The normalized spacial score (nSPS) is 21.4. The first-order valence-electron chi connectivity index (χ1n) is 19.1. The van der Waals surface area contributed by atoms with Crippen LogP contribution in [0.5, 0.6) is 5.75 Å². The Morgan fingerprint density at radius 1 is 0.704 bits per heavy atom. The second kappa shape index (κ2) is 19.2. The van der Waals surface area contributed by atoms with Gasteiger partial charge in [-0.2, -0.15) is 0 Å². The number of ether oxygens (including phenoxy) is 1. The van der Waals surface area contributed by atoms with Crippen molar-refractivity contribution in [1.82, 2.24) is 20.9 Å². The molecule has 14 heteroatoms. The van der Waals surface area contributed by atoms with E-state index in [0.717, 1.165) is 65.3 Å². The quantitative estimate of drug-likeness (QED) is 0.0977. The molecule has 0 aliphatic carbocycles. The Kier molecular flexibility index (Phi) is 14.1. The monoisotopic (exact) mass is 780 g/mol. The Morgan fingerprint density at radius 2 is 1.20 bits per heavy atom. The molecule has 3 aromatic rings. The van der Waals surface area contributed by atoms with Crippen LogP contribution in [0.15, 0.2) is 47.2 Å². The number of nitrogens with zero attached hydrogens (tertiary/aromatic N) is 1. The highest BCUT2D eigenvalue weighted by atomic mass is 32.1. The molecule has 6 rings (SSSR count). The summed E-state index contributed by atoms with van der Waals surface area (Å²) in [5.41, 5.74) is 2.78. The summed E-state index contributed by atoms with van der Waals surface area (Å²) < 4.78 is 6.16. The third-order valence-electron chi connectivity index (χ3n) is 11.3. The molecule has 12 nitrogen and oxygen atoms in total. The minimum Gasteiger partial charge on any atom is -0.492 e. The van der Waals surface area contributed by atoms with Crippen LogP contribution in [0.4, 0.5) is 0 Å². The first-order valence-corrected chi connectivity index (χ1v) is 20.8. The van der Waals surface area contributed by atoms with E-state index in [-0.39, 0.29) is 36.7 Å². The van der Waals surface area contributed by atoms with Crippen LogP contribution in [0.25, 0.3) is 0 Å². The number of hydrogen-bond acceptors (Lipinski definition) is 10. The van der Waals surface area contributed by atoms with Crippen molar-refractivity contribution in [3.63, 3.8) is 0 Å². The highest BCUT2D eigenvalue weighted by Crippen LogP contribution is 2.29. The fraction of sp³-hybridized carbons (Fsp3) is 0.550. The zero-order valence-corrected chi connectivity index (χ0v) is 32.2. The first-order chi connectivity index (χ1) is 26.1. The topological polar surface area (TPSA) is 178 Å². The molecule has 6 atom stereocenters. The number of amides is 1. The van der Waals surface area contributed by atoms with Crippen molar-refractivity contribution < 1.29 is 39.2 Å². The molecule has 3 aliphatic rings. The Hall–Kier alpha value is -3.82. The van der Waals surface area contributed by atoms with Crippen molar-refractivity contribution >= 4 is 46.5 Å². The minimum absolute atomic E-state index is 0.0830. The fourth-order valence-corrected chi connectivity index (χ4v) is 10.0. The highest BCUT2D eigenvalue weighted by Gasteiger charge is 2.33. The van der Waals surface area contributed by atoms with Crippen LogP contribution in [-0.2, 0) is 51.4 Å². The van der Waals surface area contributed by atoms with Crippen LogP contribution < -0.4 is 20.7 Å². The van der Waals surface area contributed by atoms with Gasteiger partial charge < -0.3 is 40.9 Å². The van der Waals surface area contributed by atoms with Crippen LogP contribution in [0.1, 0.15) is 45.7 Å². The third kappa shape index (κ3) is 10.9. The summed E-state index contributed by atoms with van der Waals surface area (Å²) in [5, 5.41) is 43.6. The number of aliphatic carboxylic acids is 3. The van der Waals surface area contributed by atoms with E-state index in [4.69, 9.17) is 4.74 Å². The van der Waals surface area contributed by atoms with Crippen molar-refractivity contribution in [1.29, 1.82) is 0 Å². The zero-order chi connectivity index (χ0) is 38.0. The van der Waals surface area contributed by atoms with E-state index in [2.05, 4.69) is 16.0 Å². The van der Waals surface area contributed by atoms with Gasteiger partial charge in [-0.15, -0.1) is 22.7 Å². The highest BCUT2D eigenvalue weighted by molar-refractivity contribution is 7.10. The first kappa shape index (κ1) is 39.9. The lowest BCUT2D eigenvalue weighted by Crippen LogP contribution is -2.35. The van der Waals surface area contributed by atoms with E-state index >= 15 is 0 Å². The molecule has 0 saturated carbocycles. The van der Waals surface area contributed by atoms with Crippen molar-refractivity contribution in [2.45, 2.75) is 51.5 Å². The molecule has 0 spiro atoms.